The third kappa shape index (κ3) is 2.21. The Morgan fingerprint density at radius 1 is 1.53 bits per heavy atom. The van der Waals surface area contributed by atoms with Crippen molar-refractivity contribution in [1.82, 2.24) is 19.7 Å². The number of hydrogen-bond acceptors (Lipinski definition) is 5. The highest BCUT2D eigenvalue weighted by atomic mass is 32.1. The molecular formula is C9H12N4OS. The van der Waals surface area contributed by atoms with Gasteiger partial charge in [-0.25, -0.2) is 4.98 Å². The maximum Gasteiger partial charge on any atom is 0.175 e. The maximum atomic E-state index is 5.02. The average molecular weight is 224 g/mol. The molecule has 0 saturated heterocycles. The van der Waals surface area contributed by atoms with Crippen LogP contribution in [0.3, 0.4) is 0 Å². The molecule has 0 fully saturated rings. The lowest BCUT2D eigenvalue weighted by Gasteiger charge is -2.02. The molecule has 0 N–H and O–H groups in total. The van der Waals surface area contributed by atoms with Crippen LogP contribution >= 0.6 is 11.3 Å². The lowest BCUT2D eigenvalue weighted by molar-refractivity contribution is 0.187. The highest BCUT2D eigenvalue weighted by Crippen LogP contribution is 2.23. The van der Waals surface area contributed by atoms with E-state index in [1.807, 2.05) is 17.7 Å². The highest BCUT2D eigenvalue weighted by Gasteiger charge is 2.09. The third-order valence-electron chi connectivity index (χ3n) is 1.99. The van der Waals surface area contributed by atoms with Gasteiger partial charge in [0.2, 0.25) is 0 Å². The molecular weight excluding hydrogens is 212 g/mol. The molecule has 0 saturated carbocycles. The van der Waals surface area contributed by atoms with Crippen molar-refractivity contribution in [3.05, 3.63) is 17.5 Å². The summed E-state index contributed by atoms with van der Waals surface area (Å²) < 4.78 is 6.99. The van der Waals surface area contributed by atoms with Crippen molar-refractivity contribution < 1.29 is 4.74 Å². The summed E-state index contributed by atoms with van der Waals surface area (Å²) in [4.78, 5) is 5.24. The molecule has 5 nitrogen and oxygen atoms in total. The smallest absolute Gasteiger partial charge is 0.175 e. The van der Waals surface area contributed by atoms with Crippen LogP contribution in [0.4, 0.5) is 0 Å². The first-order valence-corrected chi connectivity index (χ1v) is 5.42. The van der Waals surface area contributed by atoms with Gasteiger partial charge in [-0.05, 0) is 6.92 Å². The van der Waals surface area contributed by atoms with Gasteiger partial charge in [0.05, 0.1) is 16.5 Å². The van der Waals surface area contributed by atoms with Gasteiger partial charge in [-0.3, -0.25) is 0 Å². The lowest BCUT2D eigenvalue weighted by Crippen LogP contribution is -2.04. The molecule has 2 aromatic rings. The molecule has 2 heterocycles. The highest BCUT2D eigenvalue weighted by molar-refractivity contribution is 7.14. The van der Waals surface area contributed by atoms with Gasteiger partial charge in [-0.15, -0.1) is 21.5 Å². The molecule has 0 aliphatic rings. The number of rotatable bonds is 4. The summed E-state index contributed by atoms with van der Waals surface area (Å²) in [6.07, 6.45) is 3.54. The largest absolute Gasteiger partial charge is 0.383 e. The van der Waals surface area contributed by atoms with Gasteiger partial charge in [0.25, 0.3) is 0 Å². The van der Waals surface area contributed by atoms with E-state index < -0.39 is 0 Å². The van der Waals surface area contributed by atoms with E-state index in [1.54, 1.807) is 24.8 Å². The summed E-state index contributed by atoms with van der Waals surface area (Å²) in [6.45, 7) is 3.39. The topological polar surface area (TPSA) is 52.8 Å². The van der Waals surface area contributed by atoms with E-state index in [0.29, 0.717) is 6.61 Å². The van der Waals surface area contributed by atoms with Crippen LogP contribution in [-0.4, -0.2) is 33.5 Å². The maximum absolute atomic E-state index is 5.02. The lowest BCUT2D eigenvalue weighted by atomic mass is 10.5. The zero-order valence-electron chi connectivity index (χ0n) is 8.67. The van der Waals surface area contributed by atoms with Gasteiger partial charge in [0.1, 0.15) is 6.33 Å². The van der Waals surface area contributed by atoms with Crippen molar-refractivity contribution in [3.8, 4) is 10.7 Å². The minimum atomic E-state index is 0.656. The molecule has 0 aromatic carbocycles. The number of ether oxygens (including phenoxy) is 1. The van der Waals surface area contributed by atoms with Gasteiger partial charge >= 0.3 is 0 Å². The fourth-order valence-corrected chi connectivity index (χ4v) is 2.04. The Balaban J connectivity index is 2.24. The van der Waals surface area contributed by atoms with Gasteiger partial charge < -0.3 is 9.30 Å². The number of hydrogen-bond donors (Lipinski definition) is 0. The first-order chi connectivity index (χ1) is 7.31. The molecule has 0 amide bonds. The fourth-order valence-electron chi connectivity index (χ4n) is 1.26. The summed E-state index contributed by atoms with van der Waals surface area (Å²) in [5.74, 6) is 0.859. The standard InChI is InChI=1S/C9H12N4OS/c1-7-10-5-8(15-7)9-12-11-6-13(9)3-4-14-2/h5-6H,3-4H2,1-2H3. The second-order valence-electron chi connectivity index (χ2n) is 3.08. The number of aryl methyl sites for hydroxylation is 1. The molecule has 2 rings (SSSR count). The van der Waals surface area contributed by atoms with Crippen LogP contribution in [0.2, 0.25) is 0 Å². The third-order valence-corrected chi connectivity index (χ3v) is 2.90. The molecule has 0 radical (unpaired) electrons. The Hall–Kier alpha value is -1.27. The molecule has 0 atom stereocenters. The summed E-state index contributed by atoms with van der Waals surface area (Å²) in [5, 5.41) is 9.01. The molecule has 80 valence electrons. The second-order valence-corrected chi connectivity index (χ2v) is 4.32. The van der Waals surface area contributed by atoms with Gasteiger partial charge in [-0.1, -0.05) is 0 Å². The van der Waals surface area contributed by atoms with Gasteiger partial charge in [-0.2, -0.15) is 0 Å². The monoisotopic (exact) mass is 224 g/mol. The number of aromatic nitrogens is 4. The van der Waals surface area contributed by atoms with Gasteiger partial charge in [0.15, 0.2) is 5.82 Å². The predicted molar refractivity (Wildman–Crippen MR) is 57.7 cm³/mol. The normalized spacial score (nSPS) is 10.8. The van der Waals surface area contributed by atoms with E-state index in [-0.39, 0.29) is 0 Å². The van der Waals surface area contributed by atoms with Crippen molar-refractivity contribution in [2.45, 2.75) is 13.5 Å². The van der Waals surface area contributed by atoms with Crippen LogP contribution in [0.1, 0.15) is 5.01 Å². The minimum absolute atomic E-state index is 0.656. The van der Waals surface area contributed by atoms with Crippen LogP contribution in [0.5, 0.6) is 0 Å². The van der Waals surface area contributed by atoms with Crippen molar-refractivity contribution in [1.29, 1.82) is 0 Å². The van der Waals surface area contributed by atoms with Crippen molar-refractivity contribution in [2.24, 2.45) is 0 Å². The number of thiazole rings is 1. The van der Waals surface area contributed by atoms with Crippen LogP contribution in [-0.2, 0) is 11.3 Å². The Morgan fingerprint density at radius 3 is 3.07 bits per heavy atom. The molecule has 2 aromatic heterocycles. The molecule has 0 spiro atoms. The van der Waals surface area contributed by atoms with E-state index in [0.717, 1.165) is 22.3 Å². The fraction of sp³-hybridized carbons (Fsp3) is 0.444. The minimum Gasteiger partial charge on any atom is -0.383 e. The Labute approximate surface area is 91.7 Å². The molecule has 0 aliphatic heterocycles. The first kappa shape index (κ1) is 10.3. The number of nitrogens with zero attached hydrogens (tertiary/aromatic N) is 4. The van der Waals surface area contributed by atoms with E-state index in [1.165, 1.54) is 0 Å². The van der Waals surface area contributed by atoms with Crippen LogP contribution in [0.25, 0.3) is 10.7 Å². The molecule has 0 bridgehead atoms. The van der Waals surface area contributed by atoms with Gasteiger partial charge in [0, 0.05) is 19.9 Å². The molecule has 15 heavy (non-hydrogen) atoms. The van der Waals surface area contributed by atoms with Crippen molar-refractivity contribution in [3.63, 3.8) is 0 Å². The summed E-state index contributed by atoms with van der Waals surface area (Å²) in [5.41, 5.74) is 0. The average Bonchev–Trinajstić information content (AvgIpc) is 2.82. The molecule has 0 aliphatic carbocycles. The van der Waals surface area contributed by atoms with Crippen LogP contribution in [0.15, 0.2) is 12.5 Å². The van der Waals surface area contributed by atoms with E-state index in [4.69, 9.17) is 4.74 Å². The van der Waals surface area contributed by atoms with Crippen LogP contribution in [0, 0.1) is 6.92 Å². The Morgan fingerprint density at radius 2 is 2.40 bits per heavy atom. The SMILES string of the molecule is COCCn1cnnc1-c1cnc(C)s1. The summed E-state index contributed by atoms with van der Waals surface area (Å²) in [6, 6.07) is 0. The number of methoxy groups -OCH3 is 1. The van der Waals surface area contributed by atoms with Crippen molar-refractivity contribution >= 4 is 11.3 Å². The Bertz CT molecular complexity index is 437. The van der Waals surface area contributed by atoms with Crippen molar-refractivity contribution in [2.75, 3.05) is 13.7 Å². The molecule has 0 unspecified atom stereocenters. The quantitative estimate of drug-likeness (QED) is 0.786. The summed E-state index contributed by atoms with van der Waals surface area (Å²) in [7, 11) is 1.68. The van der Waals surface area contributed by atoms with E-state index >= 15 is 0 Å². The van der Waals surface area contributed by atoms with E-state index in [9.17, 15) is 0 Å². The first-order valence-electron chi connectivity index (χ1n) is 4.61. The zero-order valence-corrected chi connectivity index (χ0v) is 9.49. The van der Waals surface area contributed by atoms with Crippen LogP contribution < -0.4 is 0 Å². The second kappa shape index (κ2) is 4.50. The Kier molecular flexibility index (Phi) is 3.08. The predicted octanol–water partition coefficient (Wildman–Crippen LogP) is 1.36. The summed E-state index contributed by atoms with van der Waals surface area (Å²) >= 11 is 1.62. The van der Waals surface area contributed by atoms with E-state index in [2.05, 4.69) is 15.2 Å². The molecule has 6 heteroatoms. The zero-order chi connectivity index (χ0) is 10.7.